The van der Waals surface area contributed by atoms with Crippen LogP contribution in [-0.4, -0.2) is 32.3 Å². The molecule has 1 heterocycles. The van der Waals surface area contributed by atoms with Crippen LogP contribution in [0.2, 0.25) is 0 Å². The largest absolute Gasteiger partial charge is 0.492 e. The first-order valence-electron chi connectivity index (χ1n) is 7.25. The Morgan fingerprint density at radius 1 is 1.37 bits per heavy atom. The molecular weight excluding hydrogens is 236 g/mol. The third kappa shape index (κ3) is 2.71. The Kier molecular flexibility index (Phi) is 4.35. The maximum Gasteiger partial charge on any atom is 0.142 e. The molecule has 0 bridgehead atoms. The highest BCUT2D eigenvalue weighted by atomic mass is 16.5. The van der Waals surface area contributed by atoms with Crippen molar-refractivity contribution in [2.45, 2.75) is 32.7 Å². The van der Waals surface area contributed by atoms with Gasteiger partial charge in [-0.2, -0.15) is 0 Å². The van der Waals surface area contributed by atoms with E-state index in [1.807, 2.05) is 20.0 Å². The summed E-state index contributed by atoms with van der Waals surface area (Å²) in [6, 6.07) is 8.39. The molecule has 0 radical (unpaired) electrons. The molecule has 1 unspecified atom stereocenters. The lowest BCUT2D eigenvalue weighted by molar-refractivity contribution is 0.331. The summed E-state index contributed by atoms with van der Waals surface area (Å²) >= 11 is 0. The molecule has 106 valence electrons. The van der Waals surface area contributed by atoms with E-state index < -0.39 is 0 Å². The monoisotopic (exact) mass is 262 g/mol. The second-order valence-corrected chi connectivity index (χ2v) is 5.75. The zero-order chi connectivity index (χ0) is 13.9. The number of para-hydroxylation sites is 2. The van der Waals surface area contributed by atoms with Crippen LogP contribution in [0.1, 0.15) is 27.2 Å². The van der Waals surface area contributed by atoms with E-state index in [1.165, 1.54) is 12.1 Å². The summed E-state index contributed by atoms with van der Waals surface area (Å²) in [5.41, 5.74) is 1.39. The number of anilines is 1. The van der Waals surface area contributed by atoms with E-state index in [0.29, 0.717) is 12.5 Å². The molecule has 1 atom stereocenters. The van der Waals surface area contributed by atoms with Crippen LogP contribution >= 0.6 is 0 Å². The molecule has 1 aliphatic rings. The predicted octanol–water partition coefficient (Wildman–Crippen LogP) is 2.91. The van der Waals surface area contributed by atoms with Crippen molar-refractivity contribution in [3.05, 3.63) is 24.3 Å². The minimum absolute atomic E-state index is 0.163. The SMILES string of the molecule is CCOc1ccccc1N1CCC(CNC)C1(C)C. The molecule has 0 aliphatic carbocycles. The summed E-state index contributed by atoms with van der Waals surface area (Å²) in [6.45, 7) is 9.60. The van der Waals surface area contributed by atoms with Crippen LogP contribution in [-0.2, 0) is 0 Å². The van der Waals surface area contributed by atoms with Gasteiger partial charge in [-0.15, -0.1) is 0 Å². The molecule has 1 aromatic rings. The topological polar surface area (TPSA) is 24.5 Å². The van der Waals surface area contributed by atoms with Gasteiger partial charge in [0.25, 0.3) is 0 Å². The molecule has 19 heavy (non-hydrogen) atoms. The molecule has 3 heteroatoms. The molecular formula is C16H26N2O. The van der Waals surface area contributed by atoms with Crippen LogP contribution in [0.25, 0.3) is 0 Å². The Bertz CT molecular complexity index is 417. The van der Waals surface area contributed by atoms with Crippen molar-refractivity contribution < 1.29 is 4.74 Å². The number of rotatable bonds is 5. The Hall–Kier alpha value is -1.22. The van der Waals surface area contributed by atoms with E-state index in [9.17, 15) is 0 Å². The first-order chi connectivity index (χ1) is 9.11. The molecule has 1 saturated heterocycles. The first-order valence-corrected chi connectivity index (χ1v) is 7.25. The summed E-state index contributed by atoms with van der Waals surface area (Å²) in [4.78, 5) is 2.50. The fourth-order valence-electron chi connectivity index (χ4n) is 3.13. The number of hydrogen-bond acceptors (Lipinski definition) is 3. The highest BCUT2D eigenvalue weighted by Gasteiger charge is 2.41. The third-order valence-electron chi connectivity index (χ3n) is 4.30. The molecule has 0 spiro atoms. The molecule has 0 aromatic heterocycles. The molecule has 2 rings (SSSR count). The Morgan fingerprint density at radius 2 is 2.11 bits per heavy atom. The van der Waals surface area contributed by atoms with Crippen LogP contribution < -0.4 is 15.0 Å². The van der Waals surface area contributed by atoms with Crippen LogP contribution in [0.4, 0.5) is 5.69 Å². The standard InChI is InChI=1S/C16H26N2O/c1-5-19-15-9-7-6-8-14(15)18-11-10-13(12-17-4)16(18,2)3/h6-9,13,17H,5,10-12H2,1-4H3. The fraction of sp³-hybridized carbons (Fsp3) is 0.625. The van der Waals surface area contributed by atoms with Gasteiger partial charge in [0.2, 0.25) is 0 Å². The summed E-state index contributed by atoms with van der Waals surface area (Å²) in [7, 11) is 2.03. The summed E-state index contributed by atoms with van der Waals surface area (Å²) in [5.74, 6) is 1.68. The highest BCUT2D eigenvalue weighted by Crippen LogP contribution is 2.41. The smallest absolute Gasteiger partial charge is 0.142 e. The van der Waals surface area contributed by atoms with Gasteiger partial charge in [-0.25, -0.2) is 0 Å². The van der Waals surface area contributed by atoms with Crippen LogP contribution in [0.3, 0.4) is 0 Å². The van der Waals surface area contributed by atoms with Crippen molar-refractivity contribution in [1.82, 2.24) is 5.32 Å². The number of hydrogen-bond donors (Lipinski definition) is 1. The predicted molar refractivity (Wildman–Crippen MR) is 81.1 cm³/mol. The zero-order valence-electron chi connectivity index (χ0n) is 12.6. The van der Waals surface area contributed by atoms with E-state index in [-0.39, 0.29) is 5.54 Å². The highest BCUT2D eigenvalue weighted by molar-refractivity contribution is 5.61. The average molecular weight is 262 g/mol. The quantitative estimate of drug-likeness (QED) is 0.883. The number of ether oxygens (including phenoxy) is 1. The van der Waals surface area contributed by atoms with Gasteiger partial charge in [-0.3, -0.25) is 0 Å². The Labute approximate surface area is 116 Å². The number of nitrogens with one attached hydrogen (secondary N) is 1. The van der Waals surface area contributed by atoms with E-state index in [4.69, 9.17) is 4.74 Å². The molecule has 0 amide bonds. The molecule has 1 fully saturated rings. The molecule has 1 aromatic carbocycles. The zero-order valence-corrected chi connectivity index (χ0v) is 12.6. The van der Waals surface area contributed by atoms with Crippen molar-refractivity contribution >= 4 is 5.69 Å². The van der Waals surface area contributed by atoms with Crippen molar-refractivity contribution in [2.75, 3.05) is 31.6 Å². The minimum Gasteiger partial charge on any atom is -0.492 e. The summed E-state index contributed by atoms with van der Waals surface area (Å²) in [6.07, 6.45) is 1.23. The second-order valence-electron chi connectivity index (χ2n) is 5.75. The fourth-order valence-corrected chi connectivity index (χ4v) is 3.13. The lowest BCUT2D eigenvalue weighted by Gasteiger charge is -2.38. The first kappa shape index (κ1) is 14.2. The molecule has 3 nitrogen and oxygen atoms in total. The normalized spacial score (nSPS) is 21.7. The minimum atomic E-state index is 0.163. The number of nitrogens with zero attached hydrogens (tertiary/aromatic N) is 1. The Morgan fingerprint density at radius 3 is 2.79 bits per heavy atom. The molecule has 1 N–H and O–H groups in total. The molecule has 0 saturated carbocycles. The van der Waals surface area contributed by atoms with Gasteiger partial charge >= 0.3 is 0 Å². The van der Waals surface area contributed by atoms with Crippen LogP contribution in [0, 0.1) is 5.92 Å². The number of benzene rings is 1. The van der Waals surface area contributed by atoms with Gasteiger partial charge in [0.15, 0.2) is 0 Å². The Balaban J connectivity index is 2.27. The van der Waals surface area contributed by atoms with Gasteiger partial charge < -0.3 is 15.0 Å². The van der Waals surface area contributed by atoms with Gasteiger partial charge in [0.1, 0.15) is 5.75 Å². The van der Waals surface area contributed by atoms with Gasteiger partial charge in [-0.1, -0.05) is 12.1 Å². The summed E-state index contributed by atoms with van der Waals surface area (Å²) < 4.78 is 5.78. The van der Waals surface area contributed by atoms with Gasteiger partial charge in [-0.05, 0) is 58.8 Å². The van der Waals surface area contributed by atoms with E-state index >= 15 is 0 Å². The summed E-state index contributed by atoms with van der Waals surface area (Å²) in [5, 5.41) is 3.32. The van der Waals surface area contributed by atoms with Crippen molar-refractivity contribution in [3.8, 4) is 5.75 Å². The maximum atomic E-state index is 5.78. The maximum absolute atomic E-state index is 5.78. The lowest BCUT2D eigenvalue weighted by atomic mass is 9.88. The van der Waals surface area contributed by atoms with Gasteiger partial charge in [0, 0.05) is 12.1 Å². The van der Waals surface area contributed by atoms with E-state index in [1.54, 1.807) is 0 Å². The van der Waals surface area contributed by atoms with Crippen molar-refractivity contribution in [3.63, 3.8) is 0 Å². The lowest BCUT2D eigenvalue weighted by Crippen LogP contribution is -2.45. The van der Waals surface area contributed by atoms with Crippen molar-refractivity contribution in [1.29, 1.82) is 0 Å². The van der Waals surface area contributed by atoms with E-state index in [0.717, 1.165) is 18.8 Å². The average Bonchev–Trinajstić information content (AvgIpc) is 2.67. The van der Waals surface area contributed by atoms with Crippen LogP contribution in [0.5, 0.6) is 5.75 Å². The van der Waals surface area contributed by atoms with Crippen LogP contribution in [0.15, 0.2) is 24.3 Å². The van der Waals surface area contributed by atoms with Crippen molar-refractivity contribution in [2.24, 2.45) is 5.92 Å². The third-order valence-corrected chi connectivity index (χ3v) is 4.30. The second kappa shape index (κ2) is 5.83. The van der Waals surface area contributed by atoms with Gasteiger partial charge in [0.05, 0.1) is 12.3 Å². The molecule has 1 aliphatic heterocycles. The van der Waals surface area contributed by atoms with E-state index in [2.05, 4.69) is 42.3 Å².